The van der Waals surface area contributed by atoms with Crippen molar-refractivity contribution in [3.8, 4) is 5.88 Å². The van der Waals surface area contributed by atoms with Gasteiger partial charge in [-0.25, -0.2) is 9.78 Å². The maximum Gasteiger partial charge on any atom is 0.380 e. The molecule has 0 saturated carbocycles. The molecule has 2 aromatic heterocycles. The van der Waals surface area contributed by atoms with Crippen LogP contribution in [-0.4, -0.2) is 11.0 Å². The highest BCUT2D eigenvalue weighted by atomic mass is 16.6. The average molecular weight is 203 g/mol. The molecule has 4 nitrogen and oxygen atoms in total. The molecule has 4 heteroatoms. The van der Waals surface area contributed by atoms with Crippen molar-refractivity contribution in [1.82, 2.24) is 4.98 Å². The van der Waals surface area contributed by atoms with E-state index in [1.807, 2.05) is 13.0 Å². The van der Waals surface area contributed by atoms with E-state index in [0.717, 1.165) is 5.56 Å². The second-order valence-corrected chi connectivity index (χ2v) is 3.04. The number of aromatic nitrogens is 1. The summed E-state index contributed by atoms with van der Waals surface area (Å²) in [5, 5.41) is 0. The van der Waals surface area contributed by atoms with Crippen LogP contribution in [0.1, 0.15) is 16.1 Å². The van der Waals surface area contributed by atoms with Gasteiger partial charge in [-0.3, -0.25) is 0 Å². The van der Waals surface area contributed by atoms with Crippen LogP contribution in [0.15, 0.2) is 41.1 Å². The quantitative estimate of drug-likeness (QED) is 0.702. The van der Waals surface area contributed by atoms with Gasteiger partial charge in [0.1, 0.15) is 0 Å². The standard InChI is InChI=1S/C11H9NO3/c1-8-4-5-10(12-7-8)15-11(13)9-3-2-6-14-9/h2-7H,1H3. The van der Waals surface area contributed by atoms with Crippen molar-refractivity contribution in [2.24, 2.45) is 0 Å². The Balaban J connectivity index is 2.09. The van der Waals surface area contributed by atoms with Gasteiger partial charge < -0.3 is 9.15 Å². The number of carbonyl (C=O) groups excluding carboxylic acids is 1. The lowest BCUT2D eigenvalue weighted by Crippen LogP contribution is -2.08. The molecule has 15 heavy (non-hydrogen) atoms. The smallest absolute Gasteiger partial charge is 0.380 e. The van der Waals surface area contributed by atoms with E-state index in [2.05, 4.69) is 4.98 Å². The van der Waals surface area contributed by atoms with Gasteiger partial charge in [-0.15, -0.1) is 0 Å². The number of rotatable bonds is 2. The molecule has 0 saturated heterocycles. The van der Waals surface area contributed by atoms with Crippen LogP contribution in [0.25, 0.3) is 0 Å². The number of carbonyl (C=O) groups is 1. The molecule has 0 aliphatic heterocycles. The van der Waals surface area contributed by atoms with Crippen LogP contribution in [-0.2, 0) is 0 Å². The summed E-state index contributed by atoms with van der Waals surface area (Å²) in [5.41, 5.74) is 1.01. The highest BCUT2D eigenvalue weighted by Crippen LogP contribution is 2.10. The lowest BCUT2D eigenvalue weighted by atomic mass is 10.3. The third-order valence-electron chi connectivity index (χ3n) is 1.80. The van der Waals surface area contributed by atoms with Gasteiger partial charge in [0, 0.05) is 12.3 Å². The number of hydrogen-bond donors (Lipinski definition) is 0. The predicted octanol–water partition coefficient (Wildman–Crippen LogP) is 2.20. The SMILES string of the molecule is Cc1ccc(OC(=O)c2ccco2)nc1. The third kappa shape index (κ3) is 2.22. The second kappa shape index (κ2) is 3.96. The number of pyridine rings is 1. The summed E-state index contributed by atoms with van der Waals surface area (Å²) in [6.07, 6.45) is 3.05. The molecule has 0 amide bonds. The van der Waals surface area contributed by atoms with Crippen molar-refractivity contribution in [3.63, 3.8) is 0 Å². The molecule has 2 aromatic rings. The molecule has 0 atom stereocenters. The highest BCUT2D eigenvalue weighted by molar-refractivity contribution is 5.87. The maximum atomic E-state index is 11.4. The lowest BCUT2D eigenvalue weighted by molar-refractivity contribution is 0.0694. The van der Waals surface area contributed by atoms with E-state index < -0.39 is 5.97 Å². The van der Waals surface area contributed by atoms with Gasteiger partial charge in [0.15, 0.2) is 0 Å². The Morgan fingerprint density at radius 1 is 1.40 bits per heavy atom. The normalized spacial score (nSPS) is 9.93. The Morgan fingerprint density at radius 3 is 2.87 bits per heavy atom. The van der Waals surface area contributed by atoms with Crippen molar-refractivity contribution in [1.29, 1.82) is 0 Å². The number of aryl methyl sites for hydroxylation is 1. The van der Waals surface area contributed by atoms with E-state index in [4.69, 9.17) is 9.15 Å². The van der Waals surface area contributed by atoms with Crippen molar-refractivity contribution in [2.45, 2.75) is 6.92 Å². The van der Waals surface area contributed by atoms with Crippen LogP contribution < -0.4 is 4.74 Å². The van der Waals surface area contributed by atoms with Crippen LogP contribution in [0.3, 0.4) is 0 Å². The minimum atomic E-state index is -0.545. The number of nitrogens with zero attached hydrogens (tertiary/aromatic N) is 1. The molecular weight excluding hydrogens is 194 g/mol. The molecule has 0 spiro atoms. The highest BCUT2D eigenvalue weighted by Gasteiger charge is 2.11. The lowest BCUT2D eigenvalue weighted by Gasteiger charge is -2.00. The van der Waals surface area contributed by atoms with Gasteiger partial charge in [-0.1, -0.05) is 6.07 Å². The Labute approximate surface area is 86.5 Å². The summed E-state index contributed by atoms with van der Waals surface area (Å²) in [6, 6.07) is 6.61. The molecule has 0 bridgehead atoms. The first-order valence-electron chi connectivity index (χ1n) is 4.44. The Kier molecular flexibility index (Phi) is 2.49. The van der Waals surface area contributed by atoms with Gasteiger partial charge in [-0.2, -0.15) is 0 Å². The topological polar surface area (TPSA) is 52.3 Å². The summed E-state index contributed by atoms with van der Waals surface area (Å²) in [5.74, 6) is -0.115. The minimum absolute atomic E-state index is 0.164. The third-order valence-corrected chi connectivity index (χ3v) is 1.80. The molecule has 2 rings (SSSR count). The molecule has 0 radical (unpaired) electrons. The summed E-state index contributed by atoms with van der Waals surface area (Å²) in [6.45, 7) is 1.91. The van der Waals surface area contributed by atoms with E-state index in [1.165, 1.54) is 12.3 Å². The van der Waals surface area contributed by atoms with E-state index in [-0.39, 0.29) is 11.6 Å². The zero-order valence-electron chi connectivity index (χ0n) is 8.14. The fraction of sp³-hybridized carbons (Fsp3) is 0.0909. The molecule has 0 fully saturated rings. The van der Waals surface area contributed by atoms with Crippen LogP contribution in [0.2, 0.25) is 0 Å². The number of esters is 1. The van der Waals surface area contributed by atoms with Gasteiger partial charge in [0.25, 0.3) is 0 Å². The molecule has 0 unspecified atom stereocenters. The van der Waals surface area contributed by atoms with Crippen LogP contribution in [0, 0.1) is 6.92 Å². The van der Waals surface area contributed by atoms with Crippen LogP contribution in [0.4, 0.5) is 0 Å². The molecule has 0 aromatic carbocycles. The first kappa shape index (κ1) is 9.45. The van der Waals surface area contributed by atoms with E-state index >= 15 is 0 Å². The van der Waals surface area contributed by atoms with Crippen molar-refractivity contribution in [3.05, 3.63) is 48.0 Å². The summed E-state index contributed by atoms with van der Waals surface area (Å²) in [4.78, 5) is 15.3. The van der Waals surface area contributed by atoms with Gasteiger partial charge in [0.05, 0.1) is 6.26 Å². The summed E-state index contributed by atoms with van der Waals surface area (Å²) < 4.78 is 9.86. The zero-order chi connectivity index (χ0) is 10.7. The predicted molar refractivity (Wildman–Crippen MR) is 52.6 cm³/mol. The Bertz CT molecular complexity index is 445. The van der Waals surface area contributed by atoms with Crippen molar-refractivity contribution in [2.75, 3.05) is 0 Å². The maximum absolute atomic E-state index is 11.4. The monoisotopic (exact) mass is 203 g/mol. The largest absolute Gasteiger partial charge is 0.457 e. The van der Waals surface area contributed by atoms with Crippen LogP contribution >= 0.6 is 0 Å². The number of hydrogen-bond acceptors (Lipinski definition) is 4. The Morgan fingerprint density at radius 2 is 2.27 bits per heavy atom. The van der Waals surface area contributed by atoms with E-state index in [1.54, 1.807) is 18.3 Å². The van der Waals surface area contributed by atoms with Crippen LogP contribution in [0.5, 0.6) is 5.88 Å². The molecule has 0 aliphatic carbocycles. The first-order chi connectivity index (χ1) is 7.25. The molecule has 0 aliphatic rings. The van der Waals surface area contributed by atoms with Crippen molar-refractivity contribution < 1.29 is 13.9 Å². The van der Waals surface area contributed by atoms with E-state index in [9.17, 15) is 4.79 Å². The number of furan rings is 1. The zero-order valence-corrected chi connectivity index (χ0v) is 8.14. The first-order valence-corrected chi connectivity index (χ1v) is 4.44. The fourth-order valence-electron chi connectivity index (χ4n) is 1.05. The molecule has 76 valence electrons. The Hall–Kier alpha value is -2.10. The molecule has 2 heterocycles. The summed E-state index contributed by atoms with van der Waals surface area (Å²) >= 11 is 0. The molecule has 0 N–H and O–H groups in total. The minimum Gasteiger partial charge on any atom is -0.457 e. The van der Waals surface area contributed by atoms with Gasteiger partial charge >= 0.3 is 5.97 Å². The number of ether oxygens (including phenoxy) is 1. The molecular formula is C11H9NO3. The summed E-state index contributed by atoms with van der Waals surface area (Å²) in [7, 11) is 0. The van der Waals surface area contributed by atoms with Gasteiger partial charge in [-0.05, 0) is 24.6 Å². The average Bonchev–Trinajstić information content (AvgIpc) is 2.74. The fourth-order valence-corrected chi connectivity index (χ4v) is 1.05. The van der Waals surface area contributed by atoms with Gasteiger partial charge in [0.2, 0.25) is 11.6 Å². The van der Waals surface area contributed by atoms with Crippen molar-refractivity contribution >= 4 is 5.97 Å². The second-order valence-electron chi connectivity index (χ2n) is 3.04. The van der Waals surface area contributed by atoms with E-state index in [0.29, 0.717) is 0 Å².